The van der Waals surface area contributed by atoms with Gasteiger partial charge in [0, 0.05) is 6.20 Å². The fraction of sp³-hybridized carbons (Fsp3) is 0.143. The van der Waals surface area contributed by atoms with Crippen molar-refractivity contribution in [3.8, 4) is 17.6 Å². The molecular formula is C21H19N3O2. The summed E-state index contributed by atoms with van der Waals surface area (Å²) < 4.78 is 10.7. The molecular weight excluding hydrogens is 326 g/mol. The number of rotatable bonds is 6. The maximum atomic E-state index is 8.94. The number of anilines is 1. The van der Waals surface area contributed by atoms with E-state index in [0.717, 1.165) is 22.6 Å². The van der Waals surface area contributed by atoms with E-state index in [4.69, 9.17) is 14.7 Å². The molecule has 0 saturated carbocycles. The molecule has 0 spiro atoms. The zero-order chi connectivity index (χ0) is 18.4. The Morgan fingerprint density at radius 3 is 2.00 bits per heavy atom. The van der Waals surface area contributed by atoms with E-state index in [1.165, 1.54) is 0 Å². The van der Waals surface area contributed by atoms with Crippen molar-refractivity contribution in [3.05, 3.63) is 83.6 Å². The molecule has 1 aromatic heterocycles. The molecule has 0 radical (unpaired) electrons. The molecule has 0 unspecified atom stereocenters. The Labute approximate surface area is 152 Å². The SMILES string of the molecule is COc1cccc(C(Nc2ccc(C#N)cn2)c2cccc(OC)c2)c1. The van der Waals surface area contributed by atoms with Gasteiger partial charge in [-0.2, -0.15) is 5.26 Å². The normalized spacial score (nSPS) is 10.2. The van der Waals surface area contributed by atoms with Crippen LogP contribution in [-0.4, -0.2) is 19.2 Å². The van der Waals surface area contributed by atoms with E-state index in [1.807, 2.05) is 48.5 Å². The number of nitrogens with zero attached hydrogens (tertiary/aromatic N) is 2. The first-order chi connectivity index (χ1) is 12.7. The molecule has 0 aliphatic rings. The highest BCUT2D eigenvalue weighted by Gasteiger charge is 2.16. The largest absolute Gasteiger partial charge is 0.497 e. The monoisotopic (exact) mass is 345 g/mol. The van der Waals surface area contributed by atoms with Crippen LogP contribution in [0.2, 0.25) is 0 Å². The van der Waals surface area contributed by atoms with Crippen LogP contribution in [0.5, 0.6) is 11.5 Å². The Kier molecular flexibility index (Phi) is 5.35. The van der Waals surface area contributed by atoms with E-state index in [0.29, 0.717) is 11.4 Å². The van der Waals surface area contributed by atoms with Crippen molar-refractivity contribution in [1.82, 2.24) is 4.98 Å². The van der Waals surface area contributed by atoms with E-state index >= 15 is 0 Å². The summed E-state index contributed by atoms with van der Waals surface area (Å²) in [6.45, 7) is 0. The van der Waals surface area contributed by atoms with Gasteiger partial charge in [0.15, 0.2) is 0 Å². The fourth-order valence-electron chi connectivity index (χ4n) is 2.69. The van der Waals surface area contributed by atoms with Crippen LogP contribution >= 0.6 is 0 Å². The van der Waals surface area contributed by atoms with Gasteiger partial charge in [-0.1, -0.05) is 24.3 Å². The summed E-state index contributed by atoms with van der Waals surface area (Å²) >= 11 is 0. The highest BCUT2D eigenvalue weighted by Crippen LogP contribution is 2.30. The molecule has 0 aliphatic carbocycles. The number of nitrogens with one attached hydrogen (secondary N) is 1. The van der Waals surface area contributed by atoms with Gasteiger partial charge in [0.1, 0.15) is 23.4 Å². The number of methoxy groups -OCH3 is 2. The standard InChI is InChI=1S/C21H19N3O2/c1-25-18-7-3-5-16(11-18)21(17-6-4-8-19(12-17)26-2)24-20-10-9-15(13-22)14-23-20/h3-12,14,21H,1-2H3,(H,23,24). The van der Waals surface area contributed by atoms with Crippen LogP contribution in [0.1, 0.15) is 22.7 Å². The van der Waals surface area contributed by atoms with Gasteiger partial charge in [0.2, 0.25) is 0 Å². The zero-order valence-corrected chi connectivity index (χ0v) is 14.6. The Hall–Kier alpha value is -3.52. The lowest BCUT2D eigenvalue weighted by Gasteiger charge is -2.21. The third-order valence-electron chi connectivity index (χ3n) is 4.04. The number of hydrogen-bond donors (Lipinski definition) is 1. The summed E-state index contributed by atoms with van der Waals surface area (Å²) in [5.74, 6) is 2.25. The maximum absolute atomic E-state index is 8.94. The average molecular weight is 345 g/mol. The van der Waals surface area contributed by atoms with Gasteiger partial charge in [0.25, 0.3) is 0 Å². The second kappa shape index (κ2) is 8.04. The molecule has 26 heavy (non-hydrogen) atoms. The van der Waals surface area contributed by atoms with E-state index in [2.05, 4.69) is 16.4 Å². The summed E-state index contributed by atoms with van der Waals surface area (Å²) in [7, 11) is 3.30. The van der Waals surface area contributed by atoms with Crippen molar-refractivity contribution in [2.24, 2.45) is 0 Å². The second-order valence-electron chi connectivity index (χ2n) is 5.67. The van der Waals surface area contributed by atoms with Gasteiger partial charge in [-0.25, -0.2) is 4.98 Å². The van der Waals surface area contributed by atoms with Gasteiger partial charge >= 0.3 is 0 Å². The maximum Gasteiger partial charge on any atom is 0.126 e. The van der Waals surface area contributed by atoms with Gasteiger partial charge in [-0.05, 0) is 47.5 Å². The summed E-state index contributed by atoms with van der Waals surface area (Å²) in [4.78, 5) is 4.33. The molecule has 1 heterocycles. The third kappa shape index (κ3) is 3.93. The average Bonchev–Trinajstić information content (AvgIpc) is 2.72. The Morgan fingerprint density at radius 2 is 1.54 bits per heavy atom. The molecule has 0 saturated heterocycles. The lowest BCUT2D eigenvalue weighted by molar-refractivity contribution is 0.413. The predicted molar refractivity (Wildman–Crippen MR) is 100 cm³/mol. The molecule has 3 rings (SSSR count). The van der Waals surface area contributed by atoms with Crippen molar-refractivity contribution in [2.75, 3.05) is 19.5 Å². The molecule has 5 heteroatoms. The van der Waals surface area contributed by atoms with Crippen LogP contribution in [0.15, 0.2) is 66.9 Å². The molecule has 0 aliphatic heterocycles. The summed E-state index contributed by atoms with van der Waals surface area (Å²) in [5.41, 5.74) is 2.59. The minimum Gasteiger partial charge on any atom is -0.497 e. The van der Waals surface area contributed by atoms with E-state index in [-0.39, 0.29) is 6.04 Å². The van der Waals surface area contributed by atoms with Crippen molar-refractivity contribution >= 4 is 5.82 Å². The highest BCUT2D eigenvalue weighted by molar-refractivity contribution is 5.48. The van der Waals surface area contributed by atoms with Crippen LogP contribution in [0, 0.1) is 11.3 Å². The Bertz CT molecular complexity index is 870. The van der Waals surface area contributed by atoms with Gasteiger partial charge < -0.3 is 14.8 Å². The van der Waals surface area contributed by atoms with E-state index in [1.54, 1.807) is 32.5 Å². The topological polar surface area (TPSA) is 67.2 Å². The van der Waals surface area contributed by atoms with Crippen molar-refractivity contribution < 1.29 is 9.47 Å². The quantitative estimate of drug-likeness (QED) is 0.726. The lowest BCUT2D eigenvalue weighted by atomic mass is 9.98. The molecule has 5 nitrogen and oxygen atoms in total. The number of nitriles is 1. The minimum atomic E-state index is -0.152. The van der Waals surface area contributed by atoms with Gasteiger partial charge in [0.05, 0.1) is 25.8 Å². The van der Waals surface area contributed by atoms with Crippen LogP contribution in [0.3, 0.4) is 0 Å². The molecule has 130 valence electrons. The fourth-order valence-corrected chi connectivity index (χ4v) is 2.69. The van der Waals surface area contributed by atoms with Gasteiger partial charge in [-0.3, -0.25) is 0 Å². The summed E-state index contributed by atoms with van der Waals surface area (Å²) in [6.07, 6.45) is 1.55. The lowest BCUT2D eigenvalue weighted by Crippen LogP contribution is -2.13. The predicted octanol–water partition coefficient (Wildman–Crippen LogP) is 4.17. The van der Waals surface area contributed by atoms with Gasteiger partial charge in [-0.15, -0.1) is 0 Å². The molecule has 0 fully saturated rings. The molecule has 0 amide bonds. The first kappa shape index (κ1) is 17.3. The number of ether oxygens (including phenoxy) is 2. The Morgan fingerprint density at radius 1 is 0.923 bits per heavy atom. The first-order valence-corrected chi connectivity index (χ1v) is 8.14. The Balaban J connectivity index is 2.00. The minimum absolute atomic E-state index is 0.152. The molecule has 2 aromatic carbocycles. The first-order valence-electron chi connectivity index (χ1n) is 8.14. The van der Waals surface area contributed by atoms with Crippen LogP contribution < -0.4 is 14.8 Å². The molecule has 0 atom stereocenters. The molecule has 1 N–H and O–H groups in total. The van der Waals surface area contributed by atoms with Crippen LogP contribution in [0.25, 0.3) is 0 Å². The smallest absolute Gasteiger partial charge is 0.126 e. The van der Waals surface area contributed by atoms with Crippen molar-refractivity contribution in [2.45, 2.75) is 6.04 Å². The van der Waals surface area contributed by atoms with Crippen LogP contribution in [0.4, 0.5) is 5.82 Å². The zero-order valence-electron chi connectivity index (χ0n) is 14.6. The number of benzene rings is 2. The van der Waals surface area contributed by atoms with Crippen molar-refractivity contribution in [1.29, 1.82) is 5.26 Å². The second-order valence-corrected chi connectivity index (χ2v) is 5.67. The van der Waals surface area contributed by atoms with E-state index < -0.39 is 0 Å². The third-order valence-corrected chi connectivity index (χ3v) is 4.04. The highest BCUT2D eigenvalue weighted by atomic mass is 16.5. The summed E-state index contributed by atoms with van der Waals surface area (Å²) in [5, 5.41) is 12.4. The molecule has 0 bridgehead atoms. The number of pyridine rings is 1. The van der Waals surface area contributed by atoms with Crippen molar-refractivity contribution in [3.63, 3.8) is 0 Å². The summed E-state index contributed by atoms with van der Waals surface area (Å²) in [6, 6.07) is 21.2. The number of hydrogen-bond acceptors (Lipinski definition) is 5. The molecule has 3 aromatic rings. The van der Waals surface area contributed by atoms with Crippen LogP contribution in [-0.2, 0) is 0 Å². The van der Waals surface area contributed by atoms with E-state index in [9.17, 15) is 0 Å². The number of aromatic nitrogens is 1.